The van der Waals surface area contributed by atoms with Crippen LogP contribution in [0, 0.1) is 0 Å². The topological polar surface area (TPSA) is 37.2 Å². The number of aryl methyl sites for hydroxylation is 1. The minimum atomic E-state index is 0.798. The van der Waals surface area contributed by atoms with Gasteiger partial charge < -0.3 is 9.80 Å². The lowest BCUT2D eigenvalue weighted by molar-refractivity contribution is 0.153. The lowest BCUT2D eigenvalue weighted by atomic mass is 10.1. The van der Waals surface area contributed by atoms with Gasteiger partial charge in [0, 0.05) is 26.2 Å². The predicted octanol–water partition coefficient (Wildman–Crippen LogP) is 1.51. The van der Waals surface area contributed by atoms with Gasteiger partial charge in [-0.1, -0.05) is 24.3 Å². The Hall–Kier alpha value is -1.72. The van der Waals surface area contributed by atoms with Gasteiger partial charge in [-0.15, -0.1) is 0 Å². The van der Waals surface area contributed by atoms with Crippen molar-refractivity contribution in [2.75, 3.05) is 39.8 Å². The zero-order valence-electron chi connectivity index (χ0n) is 13.4. The van der Waals surface area contributed by atoms with Gasteiger partial charge in [0.25, 0.3) is 0 Å². The molecule has 2 heterocycles. The first-order valence-corrected chi connectivity index (χ1v) is 8.11. The van der Waals surface area contributed by atoms with Crippen LogP contribution in [0.4, 0.5) is 0 Å². The summed E-state index contributed by atoms with van der Waals surface area (Å²) in [4.78, 5) is 8.98. The highest BCUT2D eigenvalue weighted by molar-refractivity contribution is 5.23. The lowest BCUT2D eigenvalue weighted by Gasteiger charge is -2.32. The lowest BCUT2D eigenvalue weighted by Crippen LogP contribution is -2.44. The highest BCUT2D eigenvalue weighted by Crippen LogP contribution is 2.10. The standard InChI is InChI=1S/C17H25N5/c1-20-8-10-21(11-9-20)7-3-6-16-4-2-5-17(12-16)13-22-15-18-14-19-22/h2,4-5,12,14-15H,3,6-11,13H2,1H3. The minimum Gasteiger partial charge on any atom is -0.304 e. The Bertz CT molecular complexity index is 558. The summed E-state index contributed by atoms with van der Waals surface area (Å²) in [5.41, 5.74) is 2.72. The molecule has 0 bridgehead atoms. The highest BCUT2D eigenvalue weighted by Gasteiger charge is 2.12. The molecule has 1 fully saturated rings. The summed E-state index contributed by atoms with van der Waals surface area (Å²) in [7, 11) is 2.21. The van der Waals surface area contributed by atoms with Crippen LogP contribution in [0.15, 0.2) is 36.9 Å². The number of piperazine rings is 1. The molecule has 5 heteroatoms. The second-order valence-electron chi connectivity index (χ2n) is 6.16. The van der Waals surface area contributed by atoms with Crippen LogP contribution in [0.25, 0.3) is 0 Å². The number of rotatable bonds is 6. The van der Waals surface area contributed by atoms with Crippen LogP contribution in [-0.2, 0) is 13.0 Å². The van der Waals surface area contributed by atoms with E-state index in [-0.39, 0.29) is 0 Å². The van der Waals surface area contributed by atoms with Gasteiger partial charge in [0.2, 0.25) is 0 Å². The zero-order valence-corrected chi connectivity index (χ0v) is 13.4. The maximum absolute atomic E-state index is 4.17. The van der Waals surface area contributed by atoms with Gasteiger partial charge in [-0.25, -0.2) is 9.67 Å². The average Bonchev–Trinajstić information content (AvgIpc) is 3.03. The molecular formula is C17H25N5. The Morgan fingerprint density at radius 1 is 1.09 bits per heavy atom. The fraction of sp³-hybridized carbons (Fsp3) is 0.529. The third kappa shape index (κ3) is 4.39. The third-order valence-corrected chi connectivity index (χ3v) is 4.34. The van der Waals surface area contributed by atoms with Crippen molar-refractivity contribution in [1.82, 2.24) is 24.6 Å². The van der Waals surface area contributed by atoms with E-state index in [1.807, 2.05) is 4.68 Å². The van der Waals surface area contributed by atoms with Gasteiger partial charge in [-0.3, -0.25) is 0 Å². The fourth-order valence-corrected chi connectivity index (χ4v) is 2.96. The van der Waals surface area contributed by atoms with Crippen LogP contribution in [0.5, 0.6) is 0 Å². The molecule has 1 saturated heterocycles. The molecule has 2 aromatic rings. The Morgan fingerprint density at radius 3 is 2.68 bits per heavy atom. The van der Waals surface area contributed by atoms with Crippen molar-refractivity contribution in [2.24, 2.45) is 0 Å². The maximum Gasteiger partial charge on any atom is 0.137 e. The van der Waals surface area contributed by atoms with E-state index in [0.29, 0.717) is 0 Å². The number of hydrogen-bond acceptors (Lipinski definition) is 4. The highest BCUT2D eigenvalue weighted by atomic mass is 15.3. The number of benzene rings is 1. The van der Waals surface area contributed by atoms with Crippen molar-refractivity contribution < 1.29 is 0 Å². The SMILES string of the molecule is CN1CCN(CCCc2cccc(Cn3cncn3)c2)CC1. The molecule has 0 unspecified atom stereocenters. The molecule has 0 radical (unpaired) electrons. The molecule has 0 atom stereocenters. The molecule has 0 aliphatic carbocycles. The summed E-state index contributed by atoms with van der Waals surface area (Å²) in [6.45, 7) is 6.83. The smallest absolute Gasteiger partial charge is 0.137 e. The third-order valence-electron chi connectivity index (χ3n) is 4.34. The van der Waals surface area contributed by atoms with Gasteiger partial charge in [-0.2, -0.15) is 5.10 Å². The van der Waals surface area contributed by atoms with Crippen molar-refractivity contribution in [1.29, 1.82) is 0 Å². The van der Waals surface area contributed by atoms with E-state index in [9.17, 15) is 0 Å². The van der Waals surface area contributed by atoms with Gasteiger partial charge in [0.1, 0.15) is 12.7 Å². The summed E-state index contributed by atoms with van der Waals surface area (Å²) >= 11 is 0. The minimum absolute atomic E-state index is 0.798. The number of hydrogen-bond donors (Lipinski definition) is 0. The van der Waals surface area contributed by atoms with E-state index in [1.54, 1.807) is 12.7 Å². The first kappa shape index (κ1) is 15.2. The quantitative estimate of drug-likeness (QED) is 0.810. The molecule has 3 rings (SSSR count). The van der Waals surface area contributed by atoms with Gasteiger partial charge in [-0.05, 0) is 37.6 Å². The monoisotopic (exact) mass is 299 g/mol. The first-order valence-electron chi connectivity index (χ1n) is 8.11. The Kier molecular flexibility index (Phi) is 5.19. The first-order chi connectivity index (χ1) is 10.8. The second-order valence-corrected chi connectivity index (χ2v) is 6.16. The maximum atomic E-state index is 4.17. The molecule has 22 heavy (non-hydrogen) atoms. The molecule has 1 aromatic carbocycles. The largest absolute Gasteiger partial charge is 0.304 e. The van der Waals surface area contributed by atoms with Gasteiger partial charge in [0.05, 0.1) is 6.54 Å². The van der Waals surface area contributed by atoms with Crippen molar-refractivity contribution in [3.8, 4) is 0 Å². The molecule has 5 nitrogen and oxygen atoms in total. The van der Waals surface area contributed by atoms with Crippen molar-refractivity contribution in [2.45, 2.75) is 19.4 Å². The van der Waals surface area contributed by atoms with Crippen molar-refractivity contribution >= 4 is 0 Å². The number of likely N-dealkylation sites (N-methyl/N-ethyl adjacent to an activating group) is 1. The molecule has 0 N–H and O–H groups in total. The Balaban J connectivity index is 1.46. The summed E-state index contributed by atoms with van der Waals surface area (Å²) in [6.07, 6.45) is 5.73. The van der Waals surface area contributed by atoms with Crippen LogP contribution in [0.2, 0.25) is 0 Å². The molecule has 1 aliphatic heterocycles. The predicted molar refractivity (Wildman–Crippen MR) is 87.8 cm³/mol. The van der Waals surface area contributed by atoms with Gasteiger partial charge >= 0.3 is 0 Å². The molecule has 0 spiro atoms. The zero-order chi connectivity index (χ0) is 15.2. The van der Waals surface area contributed by atoms with Crippen LogP contribution in [0.3, 0.4) is 0 Å². The fourth-order valence-electron chi connectivity index (χ4n) is 2.96. The Morgan fingerprint density at radius 2 is 1.91 bits per heavy atom. The number of aromatic nitrogens is 3. The summed E-state index contributed by atoms with van der Waals surface area (Å²) in [5.74, 6) is 0. The van der Waals surface area contributed by atoms with E-state index in [0.717, 1.165) is 13.0 Å². The van der Waals surface area contributed by atoms with Gasteiger partial charge in [0.15, 0.2) is 0 Å². The number of nitrogens with zero attached hydrogens (tertiary/aromatic N) is 5. The summed E-state index contributed by atoms with van der Waals surface area (Å²) in [5, 5.41) is 4.17. The van der Waals surface area contributed by atoms with Crippen LogP contribution in [-0.4, -0.2) is 64.3 Å². The molecule has 118 valence electrons. The molecule has 0 amide bonds. The van der Waals surface area contributed by atoms with Crippen molar-refractivity contribution in [3.63, 3.8) is 0 Å². The Labute approximate surface area is 132 Å². The van der Waals surface area contributed by atoms with Crippen LogP contribution in [0.1, 0.15) is 17.5 Å². The molecule has 1 aromatic heterocycles. The van der Waals surface area contributed by atoms with E-state index in [2.05, 4.69) is 51.2 Å². The van der Waals surface area contributed by atoms with E-state index in [4.69, 9.17) is 0 Å². The van der Waals surface area contributed by atoms with Crippen LogP contribution >= 0.6 is 0 Å². The van der Waals surface area contributed by atoms with Crippen molar-refractivity contribution in [3.05, 3.63) is 48.0 Å². The second kappa shape index (κ2) is 7.51. The summed E-state index contributed by atoms with van der Waals surface area (Å²) in [6, 6.07) is 8.84. The summed E-state index contributed by atoms with van der Waals surface area (Å²) < 4.78 is 1.86. The normalized spacial score (nSPS) is 17.0. The van der Waals surface area contributed by atoms with E-state index >= 15 is 0 Å². The van der Waals surface area contributed by atoms with Crippen LogP contribution < -0.4 is 0 Å². The molecular weight excluding hydrogens is 274 g/mol. The average molecular weight is 299 g/mol. The molecule has 0 saturated carbocycles. The van der Waals surface area contributed by atoms with E-state index < -0.39 is 0 Å². The van der Waals surface area contributed by atoms with E-state index in [1.165, 1.54) is 50.3 Å². The molecule has 1 aliphatic rings.